The standard InChI is InChI=1S/C20H19N5/c1-2-5-17(6-3-1)19-20(18-7-9-21-10-8-18)25(16-23-19)13-4-12-24-14-11-22-15-24/h1-3,5-11,14-16H,4,12-13H2. The molecule has 0 amide bonds. The highest BCUT2D eigenvalue weighted by molar-refractivity contribution is 5.78. The van der Waals surface area contributed by atoms with Crippen LogP contribution in [0.3, 0.4) is 0 Å². The second-order valence-electron chi connectivity index (χ2n) is 5.89. The van der Waals surface area contributed by atoms with Crippen molar-refractivity contribution < 1.29 is 0 Å². The highest BCUT2D eigenvalue weighted by Gasteiger charge is 2.14. The number of hydrogen-bond acceptors (Lipinski definition) is 3. The summed E-state index contributed by atoms with van der Waals surface area (Å²) in [6.07, 6.45) is 12.3. The number of hydrogen-bond donors (Lipinski definition) is 0. The third-order valence-corrected chi connectivity index (χ3v) is 4.21. The molecule has 0 spiro atoms. The van der Waals surface area contributed by atoms with Crippen LogP contribution < -0.4 is 0 Å². The molecule has 4 aromatic rings. The van der Waals surface area contributed by atoms with Gasteiger partial charge < -0.3 is 9.13 Å². The molecule has 0 radical (unpaired) electrons. The minimum absolute atomic E-state index is 0.898. The maximum absolute atomic E-state index is 4.70. The van der Waals surface area contributed by atoms with Crippen LogP contribution in [0.1, 0.15) is 6.42 Å². The van der Waals surface area contributed by atoms with Gasteiger partial charge >= 0.3 is 0 Å². The molecule has 0 aliphatic heterocycles. The Labute approximate surface area is 146 Å². The van der Waals surface area contributed by atoms with Crippen LogP contribution in [-0.2, 0) is 13.1 Å². The Morgan fingerprint density at radius 1 is 0.760 bits per heavy atom. The first-order chi connectivity index (χ1) is 12.4. The Morgan fingerprint density at radius 2 is 1.60 bits per heavy atom. The zero-order chi connectivity index (χ0) is 16.9. The Balaban J connectivity index is 1.66. The van der Waals surface area contributed by atoms with E-state index in [1.165, 1.54) is 0 Å². The van der Waals surface area contributed by atoms with Crippen molar-refractivity contribution in [1.29, 1.82) is 0 Å². The molecule has 0 N–H and O–H groups in total. The molecule has 25 heavy (non-hydrogen) atoms. The molecule has 0 fully saturated rings. The summed E-state index contributed by atoms with van der Waals surface area (Å²) in [4.78, 5) is 12.9. The van der Waals surface area contributed by atoms with Crippen LogP contribution in [0.15, 0.2) is 79.9 Å². The predicted octanol–water partition coefficient (Wildman–Crippen LogP) is 3.90. The van der Waals surface area contributed by atoms with Gasteiger partial charge in [0.05, 0.1) is 24.0 Å². The van der Waals surface area contributed by atoms with E-state index in [0.29, 0.717) is 0 Å². The monoisotopic (exact) mass is 329 g/mol. The van der Waals surface area contributed by atoms with Gasteiger partial charge in [0.25, 0.3) is 0 Å². The van der Waals surface area contributed by atoms with Crippen molar-refractivity contribution in [3.05, 3.63) is 79.9 Å². The summed E-state index contributed by atoms with van der Waals surface area (Å²) in [5, 5.41) is 0. The minimum atomic E-state index is 0.898. The van der Waals surface area contributed by atoms with Gasteiger partial charge in [0.1, 0.15) is 0 Å². The van der Waals surface area contributed by atoms with E-state index in [1.54, 1.807) is 0 Å². The first-order valence-corrected chi connectivity index (χ1v) is 8.38. The highest BCUT2D eigenvalue weighted by atomic mass is 15.1. The molecule has 0 bridgehead atoms. The van der Waals surface area contributed by atoms with Crippen molar-refractivity contribution in [2.75, 3.05) is 0 Å². The number of aryl methyl sites for hydroxylation is 2. The van der Waals surface area contributed by atoms with Crippen LogP contribution in [0.2, 0.25) is 0 Å². The fourth-order valence-electron chi connectivity index (χ4n) is 3.01. The van der Waals surface area contributed by atoms with Gasteiger partial charge in [0, 0.05) is 49.0 Å². The molecule has 0 aliphatic carbocycles. The summed E-state index contributed by atoms with van der Waals surface area (Å²) in [6, 6.07) is 14.4. The molecule has 0 aliphatic rings. The van der Waals surface area contributed by atoms with Gasteiger partial charge in [0.15, 0.2) is 0 Å². The second-order valence-corrected chi connectivity index (χ2v) is 5.89. The minimum Gasteiger partial charge on any atom is -0.337 e. The second kappa shape index (κ2) is 7.13. The van der Waals surface area contributed by atoms with Crippen LogP contribution in [0.25, 0.3) is 22.5 Å². The van der Waals surface area contributed by atoms with Gasteiger partial charge in [-0.3, -0.25) is 4.98 Å². The number of benzene rings is 1. The van der Waals surface area contributed by atoms with Crippen molar-refractivity contribution in [1.82, 2.24) is 24.1 Å². The van der Waals surface area contributed by atoms with Gasteiger partial charge in [-0.15, -0.1) is 0 Å². The van der Waals surface area contributed by atoms with E-state index in [9.17, 15) is 0 Å². The highest BCUT2D eigenvalue weighted by Crippen LogP contribution is 2.31. The van der Waals surface area contributed by atoms with Gasteiger partial charge in [-0.1, -0.05) is 30.3 Å². The number of rotatable bonds is 6. The molecule has 124 valence electrons. The molecule has 5 nitrogen and oxygen atoms in total. The maximum atomic E-state index is 4.70. The fourth-order valence-corrected chi connectivity index (χ4v) is 3.01. The fraction of sp³-hybridized carbons (Fsp3) is 0.150. The largest absolute Gasteiger partial charge is 0.337 e. The molecule has 5 heteroatoms. The first-order valence-electron chi connectivity index (χ1n) is 8.38. The normalized spacial score (nSPS) is 10.9. The Bertz CT molecular complexity index is 911. The number of aromatic nitrogens is 5. The quantitative estimate of drug-likeness (QED) is 0.539. The Hall–Kier alpha value is -3.21. The van der Waals surface area contributed by atoms with Crippen LogP contribution in [0, 0.1) is 0 Å². The molecular formula is C20H19N5. The molecule has 0 unspecified atom stereocenters. The molecule has 3 heterocycles. The van der Waals surface area contributed by atoms with E-state index in [4.69, 9.17) is 4.98 Å². The number of imidazole rings is 2. The number of pyridine rings is 1. The third-order valence-electron chi connectivity index (χ3n) is 4.21. The van der Waals surface area contributed by atoms with Gasteiger partial charge in [-0.2, -0.15) is 0 Å². The number of nitrogens with zero attached hydrogens (tertiary/aromatic N) is 5. The molecular weight excluding hydrogens is 310 g/mol. The van der Waals surface area contributed by atoms with Crippen LogP contribution in [-0.4, -0.2) is 24.1 Å². The first kappa shape index (κ1) is 15.3. The summed E-state index contributed by atoms with van der Waals surface area (Å²) in [5.41, 5.74) is 4.41. The van der Waals surface area contributed by atoms with Gasteiger partial charge in [0.2, 0.25) is 0 Å². The lowest BCUT2D eigenvalue weighted by Crippen LogP contribution is -2.03. The molecule has 0 atom stereocenters. The average Bonchev–Trinajstić information content (AvgIpc) is 3.33. The lowest BCUT2D eigenvalue weighted by atomic mass is 10.1. The summed E-state index contributed by atoms with van der Waals surface area (Å²) < 4.78 is 4.33. The van der Waals surface area contributed by atoms with Crippen LogP contribution >= 0.6 is 0 Å². The van der Waals surface area contributed by atoms with Crippen LogP contribution in [0.4, 0.5) is 0 Å². The van der Waals surface area contributed by atoms with E-state index >= 15 is 0 Å². The Kier molecular flexibility index (Phi) is 4.37. The van der Waals surface area contributed by atoms with Gasteiger partial charge in [-0.05, 0) is 18.6 Å². The smallest absolute Gasteiger partial charge is 0.0963 e. The van der Waals surface area contributed by atoms with Crippen molar-refractivity contribution in [3.63, 3.8) is 0 Å². The maximum Gasteiger partial charge on any atom is 0.0963 e. The zero-order valence-electron chi connectivity index (χ0n) is 13.9. The van der Waals surface area contributed by atoms with E-state index < -0.39 is 0 Å². The average molecular weight is 329 g/mol. The lowest BCUT2D eigenvalue weighted by Gasteiger charge is -2.11. The predicted molar refractivity (Wildman–Crippen MR) is 97.7 cm³/mol. The van der Waals surface area contributed by atoms with E-state index in [-0.39, 0.29) is 0 Å². The molecule has 4 rings (SSSR count). The van der Waals surface area contributed by atoms with Crippen molar-refractivity contribution >= 4 is 0 Å². The van der Waals surface area contributed by atoms with Crippen LogP contribution in [0.5, 0.6) is 0 Å². The van der Waals surface area contributed by atoms with E-state index in [1.807, 2.05) is 67.8 Å². The van der Waals surface area contributed by atoms with Crippen molar-refractivity contribution in [3.8, 4) is 22.5 Å². The molecule has 0 saturated heterocycles. The summed E-state index contributed by atoms with van der Waals surface area (Å²) in [5.74, 6) is 0. The van der Waals surface area contributed by atoms with E-state index in [2.05, 4.69) is 31.2 Å². The molecule has 1 aromatic carbocycles. The summed E-state index contributed by atoms with van der Waals surface area (Å²) in [6.45, 7) is 1.84. The van der Waals surface area contributed by atoms with Gasteiger partial charge in [-0.25, -0.2) is 9.97 Å². The van der Waals surface area contributed by atoms with Crippen molar-refractivity contribution in [2.24, 2.45) is 0 Å². The third kappa shape index (κ3) is 3.35. The van der Waals surface area contributed by atoms with Crippen molar-refractivity contribution in [2.45, 2.75) is 19.5 Å². The SMILES string of the molecule is c1ccc(-c2ncn(CCCn3ccnc3)c2-c2ccncc2)cc1. The lowest BCUT2D eigenvalue weighted by molar-refractivity contribution is 0.566. The zero-order valence-corrected chi connectivity index (χ0v) is 13.9. The Morgan fingerprint density at radius 3 is 2.36 bits per heavy atom. The van der Waals surface area contributed by atoms with E-state index in [0.717, 1.165) is 42.0 Å². The molecule has 3 aromatic heterocycles. The topological polar surface area (TPSA) is 48.5 Å². The molecule has 0 saturated carbocycles. The summed E-state index contributed by atoms with van der Waals surface area (Å²) in [7, 11) is 0. The summed E-state index contributed by atoms with van der Waals surface area (Å²) >= 11 is 0.